The van der Waals surface area contributed by atoms with Crippen LogP contribution >= 0.6 is 0 Å². The van der Waals surface area contributed by atoms with Gasteiger partial charge >= 0.3 is 71.6 Å². The third-order valence-electron chi connectivity index (χ3n) is 13.6. The first-order valence-corrected chi connectivity index (χ1v) is 30.6. The molecule has 6 unspecified atom stereocenters. The Morgan fingerprint density at radius 3 is 0.646 bits per heavy atom. The van der Waals surface area contributed by atoms with Gasteiger partial charge in [0.25, 0.3) is 0 Å². The number of hydrogen-bond donors (Lipinski definition) is 3. The minimum absolute atomic E-state index is 0.0218. The second kappa shape index (κ2) is 40.3. The lowest BCUT2D eigenvalue weighted by Gasteiger charge is -2.44. The molecule has 0 aliphatic carbocycles. The highest BCUT2D eigenvalue weighted by Crippen LogP contribution is 2.32. The SMILES string of the molecule is CC(=O)OCC1OC(OC(C)=O)[C@@H](NC(=O)Cc2ccccc2)[C@@H](OC(C)=O)[C@@H]1OC(C)=O.CC(=O)OCC1OC(OC(C)=O)[C@@H](NC(=O)Cc2ccccc2)[C@@H](OC(C)=O)[C@H]1OC(C)=O.CC(=O)OCC1OC(OC(C)=O)[C@H](NC(=O)Cc2ccccc2)[C@@H](OC(C)=O)[C@H]1OC(C)=O. The van der Waals surface area contributed by atoms with Gasteiger partial charge in [0.2, 0.25) is 36.6 Å². The van der Waals surface area contributed by atoms with E-state index in [0.717, 1.165) is 62.3 Å². The smallest absolute Gasteiger partial charge is 0.305 e. The van der Waals surface area contributed by atoms with Crippen molar-refractivity contribution in [3.05, 3.63) is 108 Å². The van der Waals surface area contributed by atoms with Crippen LogP contribution < -0.4 is 16.0 Å². The normalized spacial score (nSPS) is 24.2. The Morgan fingerprint density at radius 2 is 0.465 bits per heavy atom. The zero-order valence-corrected chi connectivity index (χ0v) is 56.3. The van der Waals surface area contributed by atoms with Gasteiger partial charge in [-0.15, -0.1) is 0 Å². The largest absolute Gasteiger partial charge is 0.463 e. The molecule has 0 saturated carbocycles. The van der Waals surface area contributed by atoms with Crippen LogP contribution in [0.3, 0.4) is 0 Å². The monoisotopic (exact) mass is 1400 g/mol. The second-order valence-electron chi connectivity index (χ2n) is 22.1. The van der Waals surface area contributed by atoms with Crippen molar-refractivity contribution in [1.82, 2.24) is 16.0 Å². The molecule has 3 N–H and O–H groups in total. The number of ether oxygens (including phenoxy) is 15. The van der Waals surface area contributed by atoms with Gasteiger partial charge in [0, 0.05) is 83.1 Å². The first kappa shape index (κ1) is 81.0. The third-order valence-corrected chi connectivity index (χ3v) is 13.6. The molecule has 0 spiro atoms. The van der Waals surface area contributed by atoms with Crippen LogP contribution in [-0.4, -0.2) is 201 Å². The van der Waals surface area contributed by atoms with Crippen molar-refractivity contribution in [2.75, 3.05) is 19.8 Å². The molecule has 3 fully saturated rings. The maximum absolute atomic E-state index is 12.7. The Bertz CT molecular complexity index is 2950. The molecule has 3 aromatic carbocycles. The van der Waals surface area contributed by atoms with Gasteiger partial charge in [-0.1, -0.05) is 91.0 Å². The summed E-state index contributed by atoms with van der Waals surface area (Å²) in [7, 11) is 0. The van der Waals surface area contributed by atoms with Gasteiger partial charge in [-0.25, -0.2) is 0 Å². The van der Waals surface area contributed by atoms with Gasteiger partial charge in [0.15, 0.2) is 36.6 Å². The van der Waals surface area contributed by atoms with E-state index >= 15 is 0 Å². The van der Waals surface area contributed by atoms with E-state index in [1.807, 2.05) is 0 Å². The summed E-state index contributed by atoms with van der Waals surface area (Å²) in [6, 6.07) is 22.9. The summed E-state index contributed by atoms with van der Waals surface area (Å²) < 4.78 is 79.8. The standard InChI is InChI=1S/3C22H27NO10/c3*1-12(24)29-11-17-20(30-13(2)25)21(31-14(3)26)19(22(33-17)32-15(4)27)23-18(28)10-16-8-6-5-7-9-16/h3*5-9,17,19-22H,10-11H2,1-4H3,(H,23,28)/t17?,19-,20+,21+,22?;17?,19-,20+,21-,22?;17?,19-,20-,21+,22?/m010/s1. The topological polar surface area (TPSA) is 431 Å². The van der Waals surface area contributed by atoms with E-state index in [9.17, 15) is 71.9 Å². The van der Waals surface area contributed by atoms with Crippen LogP contribution in [0.1, 0.15) is 99.8 Å². The van der Waals surface area contributed by atoms with E-state index in [0.29, 0.717) is 16.7 Å². The van der Waals surface area contributed by atoms with Crippen molar-refractivity contribution >= 4 is 89.4 Å². The molecule has 3 heterocycles. The first-order chi connectivity index (χ1) is 46.7. The van der Waals surface area contributed by atoms with Crippen LogP contribution in [0.25, 0.3) is 0 Å². The maximum atomic E-state index is 12.7. The molecule has 3 aliphatic rings. The van der Waals surface area contributed by atoms with Gasteiger partial charge in [0.1, 0.15) is 56.3 Å². The predicted octanol–water partition coefficient (Wildman–Crippen LogP) is 1.29. The van der Waals surface area contributed by atoms with Gasteiger partial charge in [-0.3, -0.25) is 71.9 Å². The van der Waals surface area contributed by atoms with E-state index in [4.69, 9.17) is 71.1 Å². The Hall–Kier alpha value is -10.4. The number of nitrogens with one attached hydrogen (secondary N) is 3. The minimum Gasteiger partial charge on any atom is -0.463 e. The average molecular weight is 1400 g/mol. The fourth-order valence-corrected chi connectivity index (χ4v) is 10.0. The number of benzene rings is 3. The van der Waals surface area contributed by atoms with E-state index < -0.39 is 181 Å². The number of carbonyl (C=O) groups excluding carboxylic acids is 15. The average Bonchev–Trinajstić information content (AvgIpc) is 0.800. The van der Waals surface area contributed by atoms with E-state index in [-0.39, 0.29) is 39.1 Å². The lowest BCUT2D eigenvalue weighted by molar-refractivity contribution is -0.271. The lowest BCUT2D eigenvalue weighted by Crippen LogP contribution is -2.67. The van der Waals surface area contributed by atoms with Crippen molar-refractivity contribution in [3.63, 3.8) is 0 Å². The molecule has 540 valence electrons. The molecule has 3 amide bonds. The highest BCUT2D eigenvalue weighted by atomic mass is 16.7. The van der Waals surface area contributed by atoms with Gasteiger partial charge in [-0.05, 0) is 16.7 Å². The molecule has 15 atom stereocenters. The number of hydrogen-bond acceptors (Lipinski definition) is 30. The van der Waals surface area contributed by atoms with E-state index in [2.05, 4.69) is 16.0 Å². The van der Waals surface area contributed by atoms with Crippen molar-refractivity contribution < 1.29 is 143 Å². The van der Waals surface area contributed by atoms with Crippen LogP contribution in [0.5, 0.6) is 0 Å². The highest BCUT2D eigenvalue weighted by Gasteiger charge is 2.55. The number of esters is 12. The molecule has 3 aliphatic heterocycles. The molecular formula is C66H81N3O30. The summed E-state index contributed by atoms with van der Waals surface area (Å²) in [5.41, 5.74) is 2.14. The molecule has 6 rings (SSSR count). The summed E-state index contributed by atoms with van der Waals surface area (Å²) in [6.45, 7) is 12.6. The van der Waals surface area contributed by atoms with E-state index in [1.165, 1.54) is 20.8 Å². The zero-order chi connectivity index (χ0) is 73.6. The summed E-state index contributed by atoms with van der Waals surface area (Å²) >= 11 is 0. The lowest BCUT2D eigenvalue weighted by atomic mass is 9.95. The molecule has 0 bridgehead atoms. The minimum atomic E-state index is -1.42. The predicted molar refractivity (Wildman–Crippen MR) is 331 cm³/mol. The molecule has 33 nitrogen and oxygen atoms in total. The quantitative estimate of drug-likeness (QED) is 0.0840. The number of amides is 3. The van der Waals surface area contributed by atoms with Crippen molar-refractivity contribution in [2.45, 2.75) is 194 Å². The molecule has 0 aromatic heterocycles. The molecule has 3 saturated heterocycles. The first-order valence-electron chi connectivity index (χ1n) is 30.6. The van der Waals surface area contributed by atoms with Crippen LogP contribution in [0, 0.1) is 0 Å². The van der Waals surface area contributed by atoms with Gasteiger partial charge in [-0.2, -0.15) is 0 Å². The zero-order valence-electron chi connectivity index (χ0n) is 56.3. The van der Waals surface area contributed by atoms with Gasteiger partial charge < -0.3 is 87.0 Å². The fraction of sp³-hybridized carbons (Fsp3) is 0.500. The summed E-state index contributed by atoms with van der Waals surface area (Å²) in [5.74, 6) is -9.96. The number of carbonyl (C=O) groups is 15. The summed E-state index contributed by atoms with van der Waals surface area (Å²) in [4.78, 5) is 178. The molecule has 0 radical (unpaired) electrons. The summed E-state index contributed by atoms with van der Waals surface area (Å²) in [5, 5.41) is 7.95. The Balaban J connectivity index is 0.000000315. The van der Waals surface area contributed by atoms with Crippen LogP contribution in [0.4, 0.5) is 0 Å². The van der Waals surface area contributed by atoms with E-state index in [1.54, 1.807) is 91.0 Å². The Morgan fingerprint density at radius 1 is 0.273 bits per heavy atom. The van der Waals surface area contributed by atoms with Crippen molar-refractivity contribution in [2.24, 2.45) is 0 Å². The maximum Gasteiger partial charge on any atom is 0.305 e. The third kappa shape index (κ3) is 29.1. The van der Waals surface area contributed by atoms with Gasteiger partial charge in [0.05, 0.1) is 19.3 Å². The van der Waals surface area contributed by atoms with Crippen LogP contribution in [0.15, 0.2) is 91.0 Å². The number of rotatable bonds is 24. The fourth-order valence-electron chi connectivity index (χ4n) is 10.0. The molecular weight excluding hydrogens is 1310 g/mol. The molecule has 3 aromatic rings. The van der Waals surface area contributed by atoms with Crippen molar-refractivity contribution in [3.8, 4) is 0 Å². The Kier molecular flexibility index (Phi) is 33.0. The van der Waals surface area contributed by atoms with Crippen LogP contribution in [-0.2, 0) is 162 Å². The summed E-state index contributed by atoms with van der Waals surface area (Å²) in [6.07, 6.45) is -15.4. The molecule has 99 heavy (non-hydrogen) atoms. The van der Waals surface area contributed by atoms with Crippen LogP contribution in [0.2, 0.25) is 0 Å². The second-order valence-corrected chi connectivity index (χ2v) is 22.1. The molecule has 33 heteroatoms. The van der Waals surface area contributed by atoms with Crippen molar-refractivity contribution in [1.29, 1.82) is 0 Å². The highest BCUT2D eigenvalue weighted by molar-refractivity contribution is 5.81. The Labute approximate surface area is 568 Å².